The van der Waals surface area contributed by atoms with Gasteiger partial charge in [-0.3, -0.25) is 9.69 Å². The Balaban J connectivity index is 1.07. The van der Waals surface area contributed by atoms with Crippen LogP contribution < -0.4 is 10.1 Å². The largest absolute Gasteiger partial charge is 0.486 e. The van der Waals surface area contributed by atoms with Crippen molar-refractivity contribution in [3.05, 3.63) is 103 Å². The lowest BCUT2D eigenvalue weighted by molar-refractivity contribution is -0.117. The zero-order valence-corrected chi connectivity index (χ0v) is 21.4. The zero-order chi connectivity index (χ0) is 25.7. The van der Waals surface area contributed by atoms with Crippen molar-refractivity contribution in [3.63, 3.8) is 0 Å². The fourth-order valence-electron chi connectivity index (χ4n) is 5.42. The van der Waals surface area contributed by atoms with E-state index < -0.39 is 0 Å². The van der Waals surface area contributed by atoms with Crippen molar-refractivity contribution in [3.8, 4) is 5.75 Å². The molecule has 1 saturated heterocycles. The molecule has 0 unspecified atom stereocenters. The molecule has 6 nitrogen and oxygen atoms in total. The number of imidazole rings is 1. The minimum Gasteiger partial charge on any atom is -0.486 e. The van der Waals surface area contributed by atoms with Crippen LogP contribution in [0.3, 0.4) is 0 Å². The summed E-state index contributed by atoms with van der Waals surface area (Å²) in [5.74, 6) is 2.37. The molecule has 192 valence electrons. The molecule has 0 atom stereocenters. The van der Waals surface area contributed by atoms with Crippen LogP contribution in [-0.2, 0) is 17.9 Å². The van der Waals surface area contributed by atoms with Crippen molar-refractivity contribution < 1.29 is 9.53 Å². The van der Waals surface area contributed by atoms with E-state index in [2.05, 4.69) is 51.2 Å². The van der Waals surface area contributed by atoms with Gasteiger partial charge in [-0.2, -0.15) is 0 Å². The molecule has 1 fully saturated rings. The van der Waals surface area contributed by atoms with Crippen molar-refractivity contribution in [2.45, 2.75) is 26.0 Å². The Morgan fingerprint density at radius 3 is 2.47 bits per heavy atom. The number of para-hydroxylation sites is 3. The van der Waals surface area contributed by atoms with E-state index in [1.807, 2.05) is 60.7 Å². The maximum absolute atomic E-state index is 12.9. The van der Waals surface area contributed by atoms with E-state index in [0.29, 0.717) is 19.1 Å². The van der Waals surface area contributed by atoms with Crippen LogP contribution in [0.1, 0.15) is 18.7 Å². The van der Waals surface area contributed by atoms with E-state index in [0.717, 1.165) is 71.5 Å². The van der Waals surface area contributed by atoms with Crippen LogP contribution in [0.25, 0.3) is 21.8 Å². The molecule has 5 aromatic rings. The number of fused-ring (bicyclic) bond motifs is 2. The SMILES string of the molecule is O=C(CN1CCC(Cn2c(COc3ccccc3)nc3ccccc32)CC1)Nc1cccc2ccccc12. The number of anilines is 1. The molecular weight excluding hydrogens is 472 g/mol. The predicted octanol–water partition coefficient (Wildman–Crippen LogP) is 6.12. The summed E-state index contributed by atoms with van der Waals surface area (Å²) in [5, 5.41) is 5.33. The number of ether oxygens (including phenoxy) is 1. The van der Waals surface area contributed by atoms with Gasteiger partial charge in [0.25, 0.3) is 0 Å². The van der Waals surface area contributed by atoms with E-state index in [-0.39, 0.29) is 5.91 Å². The van der Waals surface area contributed by atoms with E-state index in [9.17, 15) is 4.79 Å². The molecule has 38 heavy (non-hydrogen) atoms. The number of carbonyl (C=O) groups excluding carboxylic acids is 1. The summed E-state index contributed by atoms with van der Waals surface area (Å²) in [5.41, 5.74) is 3.03. The van der Waals surface area contributed by atoms with Gasteiger partial charge in [0.05, 0.1) is 17.6 Å². The van der Waals surface area contributed by atoms with Crippen molar-refractivity contribution in [1.82, 2.24) is 14.5 Å². The third-order valence-corrected chi connectivity index (χ3v) is 7.42. The van der Waals surface area contributed by atoms with Crippen LogP contribution in [0.15, 0.2) is 97.1 Å². The van der Waals surface area contributed by atoms with Crippen LogP contribution in [0.5, 0.6) is 5.75 Å². The number of piperidine rings is 1. The Morgan fingerprint density at radius 1 is 0.868 bits per heavy atom. The summed E-state index contributed by atoms with van der Waals surface area (Å²) in [6.07, 6.45) is 2.10. The number of likely N-dealkylation sites (tertiary alicyclic amines) is 1. The molecule has 0 aliphatic carbocycles. The van der Waals surface area contributed by atoms with Gasteiger partial charge < -0.3 is 14.6 Å². The molecule has 6 heteroatoms. The van der Waals surface area contributed by atoms with Crippen molar-refractivity contribution >= 4 is 33.4 Å². The smallest absolute Gasteiger partial charge is 0.238 e. The lowest BCUT2D eigenvalue weighted by atomic mass is 9.96. The lowest BCUT2D eigenvalue weighted by Crippen LogP contribution is -2.40. The van der Waals surface area contributed by atoms with Crippen molar-refractivity contribution in [2.24, 2.45) is 5.92 Å². The first-order valence-corrected chi connectivity index (χ1v) is 13.3. The summed E-state index contributed by atoms with van der Waals surface area (Å²) in [6, 6.07) is 32.4. The van der Waals surface area contributed by atoms with Gasteiger partial charge >= 0.3 is 0 Å². The maximum atomic E-state index is 12.9. The standard InChI is InChI=1S/C32H32N4O2/c37-32(34-28-15-8-10-25-9-4-5-13-27(25)28)22-35-19-17-24(18-20-35)21-36-30-16-7-6-14-29(30)33-31(36)23-38-26-11-2-1-3-12-26/h1-16,24H,17-23H2,(H,34,37). The van der Waals surface area contributed by atoms with Crippen LogP contribution in [0.4, 0.5) is 5.69 Å². The highest BCUT2D eigenvalue weighted by molar-refractivity contribution is 6.02. The number of aromatic nitrogens is 2. The molecule has 4 aromatic carbocycles. The summed E-state index contributed by atoms with van der Waals surface area (Å²) in [6.45, 7) is 3.59. The van der Waals surface area contributed by atoms with Crippen LogP contribution >= 0.6 is 0 Å². The van der Waals surface area contributed by atoms with Gasteiger partial charge in [0.2, 0.25) is 5.91 Å². The Labute approximate surface area is 222 Å². The van der Waals surface area contributed by atoms with Gasteiger partial charge in [-0.15, -0.1) is 0 Å². The minimum absolute atomic E-state index is 0.0424. The molecule has 0 spiro atoms. The molecular formula is C32H32N4O2. The summed E-state index contributed by atoms with van der Waals surface area (Å²) in [7, 11) is 0. The Morgan fingerprint density at radius 2 is 1.61 bits per heavy atom. The highest BCUT2D eigenvalue weighted by Gasteiger charge is 2.23. The average molecular weight is 505 g/mol. The molecule has 0 bridgehead atoms. The van der Waals surface area contributed by atoms with E-state index in [4.69, 9.17) is 9.72 Å². The number of rotatable bonds is 8. The minimum atomic E-state index is 0.0424. The fourth-order valence-corrected chi connectivity index (χ4v) is 5.42. The molecule has 0 saturated carbocycles. The number of carbonyl (C=O) groups is 1. The third-order valence-electron chi connectivity index (χ3n) is 7.42. The van der Waals surface area contributed by atoms with Gasteiger partial charge in [-0.1, -0.05) is 66.7 Å². The molecule has 6 rings (SSSR count). The van der Waals surface area contributed by atoms with Crippen LogP contribution in [-0.4, -0.2) is 40.0 Å². The summed E-state index contributed by atoms with van der Waals surface area (Å²) >= 11 is 0. The fraction of sp³-hybridized carbons (Fsp3) is 0.250. The quantitative estimate of drug-likeness (QED) is 0.277. The lowest BCUT2D eigenvalue weighted by Gasteiger charge is -2.32. The highest BCUT2D eigenvalue weighted by Crippen LogP contribution is 2.26. The second-order valence-corrected chi connectivity index (χ2v) is 10.0. The Bertz CT molecular complexity index is 1530. The van der Waals surface area contributed by atoms with Crippen molar-refractivity contribution in [1.29, 1.82) is 0 Å². The van der Waals surface area contributed by atoms with Gasteiger partial charge in [0, 0.05) is 17.6 Å². The van der Waals surface area contributed by atoms with Gasteiger partial charge in [-0.05, 0) is 67.6 Å². The third kappa shape index (κ3) is 5.41. The number of nitrogens with one attached hydrogen (secondary N) is 1. The van der Waals surface area contributed by atoms with E-state index in [1.165, 1.54) is 0 Å². The summed E-state index contributed by atoms with van der Waals surface area (Å²) < 4.78 is 8.38. The Hall–Kier alpha value is -4.16. The number of hydrogen-bond donors (Lipinski definition) is 1. The molecule has 2 heterocycles. The van der Waals surface area contributed by atoms with Gasteiger partial charge in [0.15, 0.2) is 0 Å². The first-order chi connectivity index (χ1) is 18.7. The Kier molecular flexibility index (Phi) is 7.05. The molecule has 1 N–H and O–H groups in total. The van der Waals surface area contributed by atoms with E-state index in [1.54, 1.807) is 0 Å². The molecule has 0 radical (unpaired) electrons. The normalized spacial score (nSPS) is 14.6. The topological polar surface area (TPSA) is 59.4 Å². The van der Waals surface area contributed by atoms with Crippen LogP contribution in [0, 0.1) is 5.92 Å². The number of nitrogens with zero attached hydrogens (tertiary/aromatic N) is 3. The average Bonchev–Trinajstić information content (AvgIpc) is 3.31. The number of hydrogen-bond acceptors (Lipinski definition) is 4. The van der Waals surface area contributed by atoms with Crippen LogP contribution in [0.2, 0.25) is 0 Å². The van der Waals surface area contributed by atoms with Gasteiger partial charge in [0.1, 0.15) is 18.2 Å². The molecule has 1 aromatic heterocycles. The maximum Gasteiger partial charge on any atom is 0.238 e. The second-order valence-electron chi connectivity index (χ2n) is 10.0. The highest BCUT2D eigenvalue weighted by atomic mass is 16.5. The number of benzene rings is 4. The molecule has 1 amide bonds. The molecule has 1 aliphatic rings. The monoisotopic (exact) mass is 504 g/mol. The predicted molar refractivity (Wildman–Crippen MR) is 152 cm³/mol. The first-order valence-electron chi connectivity index (χ1n) is 13.3. The number of amides is 1. The van der Waals surface area contributed by atoms with E-state index >= 15 is 0 Å². The van der Waals surface area contributed by atoms with Crippen molar-refractivity contribution in [2.75, 3.05) is 25.0 Å². The van der Waals surface area contributed by atoms with Gasteiger partial charge in [-0.25, -0.2) is 4.98 Å². The first kappa shape index (κ1) is 24.2. The second kappa shape index (κ2) is 11.1. The molecule has 1 aliphatic heterocycles. The summed E-state index contributed by atoms with van der Waals surface area (Å²) in [4.78, 5) is 20.0. The zero-order valence-electron chi connectivity index (χ0n) is 21.4.